The minimum absolute atomic E-state index is 0.448. The van der Waals surface area contributed by atoms with Gasteiger partial charge in [0.1, 0.15) is 5.75 Å². The van der Waals surface area contributed by atoms with Crippen molar-refractivity contribution in [1.82, 2.24) is 0 Å². The number of hydrogen-bond donors (Lipinski definition) is 1. The van der Waals surface area contributed by atoms with E-state index >= 15 is 0 Å². The van der Waals surface area contributed by atoms with Gasteiger partial charge in [0.05, 0.1) is 11.8 Å². The topological polar surface area (TPSA) is 21.3 Å². The van der Waals surface area contributed by atoms with Gasteiger partial charge in [-0.1, -0.05) is 12.1 Å². The highest BCUT2D eigenvalue weighted by atomic mass is 16.5. The van der Waals surface area contributed by atoms with E-state index in [1.807, 2.05) is 19.2 Å². The molecule has 2 heteroatoms. The first-order valence-corrected chi connectivity index (χ1v) is 5.25. The van der Waals surface area contributed by atoms with Gasteiger partial charge < -0.3 is 10.1 Å². The summed E-state index contributed by atoms with van der Waals surface area (Å²) in [5.41, 5.74) is 2.36. The van der Waals surface area contributed by atoms with Gasteiger partial charge in [-0.05, 0) is 37.8 Å². The third-order valence-corrected chi connectivity index (χ3v) is 2.83. The van der Waals surface area contributed by atoms with E-state index in [-0.39, 0.29) is 0 Å². The molecule has 0 unspecified atom stereocenters. The van der Waals surface area contributed by atoms with Crippen LogP contribution in [0.2, 0.25) is 0 Å². The van der Waals surface area contributed by atoms with E-state index in [2.05, 4.69) is 18.3 Å². The maximum absolute atomic E-state index is 5.89. The molecule has 14 heavy (non-hydrogen) atoms. The Hall–Kier alpha value is -1.18. The van der Waals surface area contributed by atoms with Crippen molar-refractivity contribution in [3.05, 3.63) is 23.8 Å². The van der Waals surface area contributed by atoms with Crippen molar-refractivity contribution >= 4 is 5.69 Å². The van der Waals surface area contributed by atoms with Gasteiger partial charge in [-0.3, -0.25) is 0 Å². The number of ether oxygens (including phenoxy) is 1. The third kappa shape index (κ3) is 1.69. The average molecular weight is 191 g/mol. The van der Waals surface area contributed by atoms with Gasteiger partial charge >= 0.3 is 0 Å². The van der Waals surface area contributed by atoms with Crippen molar-refractivity contribution in [2.45, 2.75) is 32.3 Å². The predicted molar refractivity (Wildman–Crippen MR) is 59.0 cm³/mol. The van der Waals surface area contributed by atoms with Crippen LogP contribution in [0.1, 0.15) is 24.8 Å². The van der Waals surface area contributed by atoms with Crippen molar-refractivity contribution in [2.24, 2.45) is 0 Å². The SMILES string of the molecule is CNc1c(C)cccc1OC1CCC1. The summed E-state index contributed by atoms with van der Waals surface area (Å²) in [5.74, 6) is 0.997. The van der Waals surface area contributed by atoms with Crippen LogP contribution in [-0.4, -0.2) is 13.2 Å². The van der Waals surface area contributed by atoms with Gasteiger partial charge in [-0.2, -0.15) is 0 Å². The fourth-order valence-corrected chi connectivity index (χ4v) is 1.73. The molecule has 0 aliphatic heterocycles. The first-order chi connectivity index (χ1) is 6.81. The summed E-state index contributed by atoms with van der Waals surface area (Å²) in [7, 11) is 1.94. The Balaban J connectivity index is 2.17. The number of aryl methyl sites for hydroxylation is 1. The average Bonchev–Trinajstić information content (AvgIpc) is 2.11. The van der Waals surface area contributed by atoms with Crippen molar-refractivity contribution in [3.8, 4) is 5.75 Å². The summed E-state index contributed by atoms with van der Waals surface area (Å²) in [6, 6.07) is 6.18. The Morgan fingerprint density at radius 2 is 2.14 bits per heavy atom. The van der Waals surface area contributed by atoms with Crippen LogP contribution in [0.3, 0.4) is 0 Å². The molecule has 2 rings (SSSR count). The zero-order valence-electron chi connectivity index (χ0n) is 8.84. The molecule has 0 aromatic heterocycles. The van der Waals surface area contributed by atoms with Crippen LogP contribution in [0.25, 0.3) is 0 Å². The fraction of sp³-hybridized carbons (Fsp3) is 0.500. The van der Waals surface area contributed by atoms with Crippen molar-refractivity contribution in [2.75, 3.05) is 12.4 Å². The molecule has 1 aromatic carbocycles. The zero-order chi connectivity index (χ0) is 9.97. The quantitative estimate of drug-likeness (QED) is 0.793. The van der Waals surface area contributed by atoms with E-state index in [1.54, 1.807) is 0 Å². The standard InChI is InChI=1S/C12H17NO/c1-9-5-3-8-11(12(9)13-2)14-10-6-4-7-10/h3,5,8,10,13H,4,6-7H2,1-2H3. The molecule has 1 aliphatic rings. The predicted octanol–water partition coefficient (Wildman–Crippen LogP) is 2.97. The van der Waals surface area contributed by atoms with Crippen LogP contribution in [0, 0.1) is 6.92 Å². The number of nitrogens with one attached hydrogen (secondary N) is 1. The minimum atomic E-state index is 0.448. The van der Waals surface area contributed by atoms with Gasteiger partial charge in [-0.15, -0.1) is 0 Å². The molecule has 1 aromatic rings. The van der Waals surface area contributed by atoms with E-state index in [9.17, 15) is 0 Å². The largest absolute Gasteiger partial charge is 0.488 e. The highest BCUT2D eigenvalue weighted by Crippen LogP contribution is 2.32. The lowest BCUT2D eigenvalue weighted by Crippen LogP contribution is -2.24. The summed E-state index contributed by atoms with van der Waals surface area (Å²) in [4.78, 5) is 0. The van der Waals surface area contributed by atoms with E-state index < -0.39 is 0 Å². The monoisotopic (exact) mass is 191 g/mol. The van der Waals surface area contributed by atoms with Crippen molar-refractivity contribution in [1.29, 1.82) is 0 Å². The molecule has 0 atom stereocenters. The lowest BCUT2D eigenvalue weighted by atomic mass is 9.96. The normalized spacial score (nSPS) is 16.1. The maximum Gasteiger partial charge on any atom is 0.143 e. The van der Waals surface area contributed by atoms with E-state index in [4.69, 9.17) is 4.74 Å². The number of benzene rings is 1. The zero-order valence-corrected chi connectivity index (χ0v) is 8.84. The molecule has 1 aliphatic carbocycles. The van der Waals surface area contributed by atoms with Crippen molar-refractivity contribution < 1.29 is 4.74 Å². The molecule has 1 N–H and O–H groups in total. The van der Waals surface area contributed by atoms with Crippen LogP contribution in [-0.2, 0) is 0 Å². The third-order valence-electron chi connectivity index (χ3n) is 2.83. The second-order valence-electron chi connectivity index (χ2n) is 3.87. The molecule has 0 amide bonds. The highest BCUT2D eigenvalue weighted by molar-refractivity contribution is 5.61. The van der Waals surface area contributed by atoms with Gasteiger partial charge in [0.15, 0.2) is 0 Å². The van der Waals surface area contributed by atoms with Gasteiger partial charge in [-0.25, -0.2) is 0 Å². The Bertz CT molecular complexity index is 318. The summed E-state index contributed by atoms with van der Waals surface area (Å²) in [6.07, 6.45) is 4.17. The first-order valence-electron chi connectivity index (χ1n) is 5.25. The molecule has 0 bridgehead atoms. The van der Waals surface area contributed by atoms with Crippen LogP contribution in [0.15, 0.2) is 18.2 Å². The lowest BCUT2D eigenvalue weighted by molar-refractivity contribution is 0.121. The van der Waals surface area contributed by atoms with E-state index in [0.29, 0.717) is 6.10 Å². The first kappa shape index (κ1) is 9.38. The summed E-state index contributed by atoms with van der Waals surface area (Å²) in [5, 5.41) is 3.19. The Morgan fingerprint density at radius 3 is 2.71 bits per heavy atom. The molecule has 76 valence electrons. The Morgan fingerprint density at radius 1 is 1.36 bits per heavy atom. The molecule has 2 nitrogen and oxygen atoms in total. The van der Waals surface area contributed by atoms with Gasteiger partial charge in [0, 0.05) is 7.05 Å². The lowest BCUT2D eigenvalue weighted by Gasteiger charge is -2.27. The van der Waals surface area contributed by atoms with Crippen molar-refractivity contribution in [3.63, 3.8) is 0 Å². The van der Waals surface area contributed by atoms with Crippen LogP contribution in [0.5, 0.6) is 5.75 Å². The summed E-state index contributed by atoms with van der Waals surface area (Å²) in [6.45, 7) is 2.10. The number of anilines is 1. The molecule has 0 radical (unpaired) electrons. The number of hydrogen-bond acceptors (Lipinski definition) is 2. The molecule has 0 saturated heterocycles. The highest BCUT2D eigenvalue weighted by Gasteiger charge is 2.20. The van der Waals surface area contributed by atoms with E-state index in [1.165, 1.54) is 24.8 Å². The molecular formula is C12H17NO. The minimum Gasteiger partial charge on any atom is -0.488 e. The van der Waals surface area contributed by atoms with Gasteiger partial charge in [0.2, 0.25) is 0 Å². The smallest absolute Gasteiger partial charge is 0.143 e. The molecule has 0 heterocycles. The maximum atomic E-state index is 5.89. The Kier molecular flexibility index (Phi) is 2.62. The van der Waals surface area contributed by atoms with Crippen LogP contribution in [0.4, 0.5) is 5.69 Å². The molecule has 0 spiro atoms. The Labute approximate surface area is 85.3 Å². The second-order valence-corrected chi connectivity index (χ2v) is 3.87. The fourth-order valence-electron chi connectivity index (χ4n) is 1.73. The van der Waals surface area contributed by atoms with Gasteiger partial charge in [0.25, 0.3) is 0 Å². The molecule has 1 saturated carbocycles. The van der Waals surface area contributed by atoms with Crippen LogP contribution < -0.4 is 10.1 Å². The second kappa shape index (κ2) is 3.91. The number of para-hydroxylation sites is 1. The molecular weight excluding hydrogens is 174 g/mol. The van der Waals surface area contributed by atoms with Crippen LogP contribution >= 0.6 is 0 Å². The van der Waals surface area contributed by atoms with E-state index in [0.717, 1.165) is 11.4 Å². The molecule has 1 fully saturated rings. The number of rotatable bonds is 3. The summed E-state index contributed by atoms with van der Waals surface area (Å²) < 4.78 is 5.89. The summed E-state index contributed by atoms with van der Waals surface area (Å²) >= 11 is 0.